The van der Waals surface area contributed by atoms with Crippen molar-refractivity contribution in [2.45, 2.75) is 55.4 Å². The number of benzene rings is 1. The van der Waals surface area contributed by atoms with E-state index in [1.165, 1.54) is 23.7 Å². The minimum atomic E-state index is -0.287. The molecule has 4 rings (SSSR count). The van der Waals surface area contributed by atoms with Gasteiger partial charge in [-0.1, -0.05) is 48.5 Å². The highest BCUT2D eigenvalue weighted by Gasteiger charge is 2.24. The number of fused-ring (bicyclic) bond motifs is 1. The number of ether oxygens (including phenoxy) is 1. The minimum Gasteiger partial charge on any atom is -0.462 e. The first-order valence-corrected chi connectivity index (χ1v) is 11.1. The maximum atomic E-state index is 12.5. The van der Waals surface area contributed by atoms with Crippen molar-refractivity contribution in [1.82, 2.24) is 9.97 Å². The third kappa shape index (κ3) is 4.33. The van der Waals surface area contributed by atoms with Crippen molar-refractivity contribution in [1.29, 1.82) is 0 Å². The number of carbonyl (C=O) groups excluding carboxylic acids is 1. The van der Waals surface area contributed by atoms with E-state index in [4.69, 9.17) is 4.74 Å². The molecule has 0 aliphatic heterocycles. The predicted molar refractivity (Wildman–Crippen MR) is 111 cm³/mol. The monoisotopic (exact) mass is 398 g/mol. The van der Waals surface area contributed by atoms with Gasteiger partial charge in [-0.15, -0.1) is 11.3 Å². The molecule has 0 saturated heterocycles. The van der Waals surface area contributed by atoms with Gasteiger partial charge in [-0.05, 0) is 44.2 Å². The molecule has 6 heteroatoms. The molecule has 0 radical (unpaired) electrons. The molecule has 1 saturated carbocycles. The van der Waals surface area contributed by atoms with E-state index in [0.29, 0.717) is 0 Å². The Labute approximate surface area is 167 Å². The average Bonchev–Trinajstić information content (AvgIpc) is 3.15. The van der Waals surface area contributed by atoms with Gasteiger partial charge in [0.05, 0.1) is 0 Å². The molecule has 1 aliphatic carbocycles. The minimum absolute atomic E-state index is 0.0885. The van der Waals surface area contributed by atoms with E-state index in [0.717, 1.165) is 45.8 Å². The Bertz CT molecular complexity index is 920. The first-order valence-electron chi connectivity index (χ1n) is 9.38. The van der Waals surface area contributed by atoms with Crippen molar-refractivity contribution in [3.8, 4) is 10.4 Å². The normalized spacial score (nSPS) is 16.3. The maximum absolute atomic E-state index is 12.5. The van der Waals surface area contributed by atoms with Crippen LogP contribution in [0.5, 0.6) is 0 Å². The highest BCUT2D eigenvalue weighted by molar-refractivity contribution is 8.00. The van der Waals surface area contributed by atoms with Gasteiger partial charge >= 0.3 is 5.97 Å². The van der Waals surface area contributed by atoms with E-state index in [-0.39, 0.29) is 17.3 Å². The number of esters is 1. The summed E-state index contributed by atoms with van der Waals surface area (Å²) >= 11 is 3.11. The maximum Gasteiger partial charge on any atom is 0.319 e. The Kier molecular flexibility index (Phi) is 5.74. The summed E-state index contributed by atoms with van der Waals surface area (Å²) < 4.78 is 5.71. The molecule has 4 nitrogen and oxygen atoms in total. The summed E-state index contributed by atoms with van der Waals surface area (Å²) in [6, 6.07) is 12.4. The van der Waals surface area contributed by atoms with E-state index in [9.17, 15) is 4.79 Å². The van der Waals surface area contributed by atoms with Crippen molar-refractivity contribution < 1.29 is 9.53 Å². The largest absolute Gasteiger partial charge is 0.462 e. The van der Waals surface area contributed by atoms with Crippen LogP contribution in [0.1, 0.15) is 39.0 Å². The van der Waals surface area contributed by atoms with Gasteiger partial charge in [0, 0.05) is 10.3 Å². The van der Waals surface area contributed by atoms with Crippen molar-refractivity contribution in [3.05, 3.63) is 42.7 Å². The van der Waals surface area contributed by atoms with Crippen LogP contribution in [-0.4, -0.2) is 27.3 Å². The van der Waals surface area contributed by atoms with Crippen molar-refractivity contribution >= 4 is 39.3 Å². The molecular weight excluding hydrogens is 376 g/mol. The number of carbonyl (C=O) groups is 1. The molecule has 0 N–H and O–H groups in total. The fourth-order valence-corrected chi connectivity index (χ4v) is 5.28. The van der Waals surface area contributed by atoms with E-state index in [1.54, 1.807) is 17.7 Å². The van der Waals surface area contributed by atoms with Crippen LogP contribution in [0.4, 0.5) is 0 Å². The molecule has 0 amide bonds. The topological polar surface area (TPSA) is 52.1 Å². The third-order valence-corrected chi connectivity index (χ3v) is 6.99. The SMILES string of the molecule is C[C@H](Sc1ncnc2sc(-c3ccccc3)cc12)C(=O)OC1CCCCC1. The Morgan fingerprint density at radius 1 is 1.19 bits per heavy atom. The van der Waals surface area contributed by atoms with Gasteiger partial charge in [-0.25, -0.2) is 9.97 Å². The summed E-state index contributed by atoms with van der Waals surface area (Å²) in [6.45, 7) is 1.90. The summed E-state index contributed by atoms with van der Waals surface area (Å²) in [5.41, 5.74) is 1.17. The van der Waals surface area contributed by atoms with Gasteiger partial charge in [0.15, 0.2) is 0 Å². The first-order chi connectivity index (χ1) is 13.2. The number of thiophene rings is 1. The summed E-state index contributed by atoms with van der Waals surface area (Å²) in [4.78, 5) is 23.4. The molecule has 0 unspecified atom stereocenters. The van der Waals surface area contributed by atoms with E-state index < -0.39 is 0 Å². The van der Waals surface area contributed by atoms with Crippen LogP contribution >= 0.6 is 23.1 Å². The van der Waals surface area contributed by atoms with Crippen LogP contribution in [0.3, 0.4) is 0 Å². The van der Waals surface area contributed by atoms with Gasteiger partial charge in [0.1, 0.15) is 27.5 Å². The van der Waals surface area contributed by atoms with Crippen LogP contribution in [0.25, 0.3) is 20.7 Å². The van der Waals surface area contributed by atoms with Gasteiger partial charge in [-0.2, -0.15) is 0 Å². The lowest BCUT2D eigenvalue weighted by atomic mass is 9.98. The van der Waals surface area contributed by atoms with Crippen molar-refractivity contribution in [2.24, 2.45) is 0 Å². The molecule has 27 heavy (non-hydrogen) atoms. The van der Waals surface area contributed by atoms with Crippen molar-refractivity contribution in [2.75, 3.05) is 0 Å². The van der Waals surface area contributed by atoms with Gasteiger partial charge in [0.2, 0.25) is 0 Å². The second-order valence-electron chi connectivity index (χ2n) is 6.83. The second kappa shape index (κ2) is 8.40. The van der Waals surface area contributed by atoms with Crippen LogP contribution < -0.4 is 0 Å². The molecule has 1 aliphatic rings. The Morgan fingerprint density at radius 2 is 1.96 bits per heavy atom. The number of rotatable bonds is 5. The second-order valence-corrected chi connectivity index (χ2v) is 9.19. The molecule has 1 atom stereocenters. The number of hydrogen-bond donors (Lipinski definition) is 0. The summed E-state index contributed by atoms with van der Waals surface area (Å²) in [7, 11) is 0. The molecule has 1 aromatic carbocycles. The van der Waals surface area contributed by atoms with Crippen LogP contribution in [-0.2, 0) is 9.53 Å². The van der Waals surface area contributed by atoms with Crippen LogP contribution in [0.15, 0.2) is 47.8 Å². The standard InChI is InChI=1S/C21H22N2O2S2/c1-14(21(24)25-16-10-6-3-7-11-16)26-19-17-12-18(15-8-4-2-5-9-15)27-20(17)23-13-22-19/h2,4-5,8-9,12-14,16H,3,6-7,10-11H2,1H3/t14-/m0/s1. The van der Waals surface area contributed by atoms with E-state index in [2.05, 4.69) is 28.2 Å². The average molecular weight is 399 g/mol. The smallest absolute Gasteiger partial charge is 0.319 e. The lowest BCUT2D eigenvalue weighted by molar-refractivity contribution is -0.149. The molecular formula is C21H22N2O2S2. The number of nitrogens with zero attached hydrogens (tertiary/aromatic N) is 2. The lowest BCUT2D eigenvalue weighted by Crippen LogP contribution is -2.26. The van der Waals surface area contributed by atoms with E-state index in [1.807, 2.05) is 25.1 Å². The number of hydrogen-bond acceptors (Lipinski definition) is 6. The molecule has 0 bridgehead atoms. The predicted octanol–water partition coefficient (Wildman–Crippen LogP) is 5.71. The molecule has 0 spiro atoms. The highest BCUT2D eigenvalue weighted by Crippen LogP contribution is 2.37. The highest BCUT2D eigenvalue weighted by atomic mass is 32.2. The van der Waals surface area contributed by atoms with E-state index >= 15 is 0 Å². The van der Waals surface area contributed by atoms with Gasteiger partial charge in [0.25, 0.3) is 0 Å². The van der Waals surface area contributed by atoms with Crippen molar-refractivity contribution in [3.63, 3.8) is 0 Å². The fourth-order valence-electron chi connectivity index (χ4n) is 3.33. The summed E-state index contributed by atoms with van der Waals surface area (Å²) in [5.74, 6) is -0.142. The lowest BCUT2D eigenvalue weighted by Gasteiger charge is -2.23. The van der Waals surface area contributed by atoms with Crippen LogP contribution in [0, 0.1) is 0 Å². The molecule has 1 fully saturated rings. The first kappa shape index (κ1) is 18.4. The molecule has 2 aromatic heterocycles. The fraction of sp³-hybridized carbons (Fsp3) is 0.381. The zero-order valence-electron chi connectivity index (χ0n) is 15.3. The summed E-state index contributed by atoms with van der Waals surface area (Å²) in [5, 5.41) is 1.56. The zero-order valence-corrected chi connectivity index (χ0v) is 16.9. The number of thioether (sulfide) groups is 1. The van der Waals surface area contributed by atoms with Gasteiger partial charge in [-0.3, -0.25) is 4.79 Å². The Hall–Kier alpha value is -1.92. The Morgan fingerprint density at radius 3 is 2.74 bits per heavy atom. The molecule has 140 valence electrons. The molecule has 3 aromatic rings. The third-order valence-electron chi connectivity index (χ3n) is 4.81. The summed E-state index contributed by atoms with van der Waals surface area (Å²) in [6.07, 6.45) is 7.21. The Balaban J connectivity index is 1.51. The quantitative estimate of drug-likeness (QED) is 0.313. The van der Waals surface area contributed by atoms with Gasteiger partial charge < -0.3 is 4.74 Å². The number of aromatic nitrogens is 2. The zero-order chi connectivity index (χ0) is 18.6. The molecule has 2 heterocycles. The van der Waals surface area contributed by atoms with Crippen LogP contribution in [0.2, 0.25) is 0 Å².